The van der Waals surface area contributed by atoms with E-state index in [0.29, 0.717) is 0 Å². The number of nitrogens with one attached hydrogen (secondary N) is 1. The number of rotatable bonds is 3. The Hall–Kier alpha value is -1.98. The van der Waals surface area contributed by atoms with E-state index in [-0.39, 0.29) is 15.9 Å². The van der Waals surface area contributed by atoms with E-state index in [0.717, 1.165) is 5.56 Å². The summed E-state index contributed by atoms with van der Waals surface area (Å²) in [6, 6.07) is 6.39. The van der Waals surface area contributed by atoms with Gasteiger partial charge in [0, 0.05) is 23.5 Å². The van der Waals surface area contributed by atoms with Gasteiger partial charge in [0.2, 0.25) is 0 Å². The molecule has 0 saturated carbocycles. The Balaban J connectivity index is 2.03. The maximum Gasteiger partial charge on any atom is 0.271 e. The molecule has 0 saturated heterocycles. The van der Waals surface area contributed by atoms with Gasteiger partial charge in [-0.25, -0.2) is 10.4 Å². The number of aromatic nitrogens is 2. The van der Waals surface area contributed by atoms with E-state index in [9.17, 15) is 4.79 Å². The third kappa shape index (κ3) is 4.01. The first-order valence-electron chi connectivity index (χ1n) is 5.21. The summed E-state index contributed by atoms with van der Waals surface area (Å²) < 4.78 is 0. The van der Waals surface area contributed by atoms with Crippen molar-refractivity contribution in [3.8, 4) is 0 Å². The zero-order chi connectivity index (χ0) is 13.7. The van der Waals surface area contributed by atoms with Crippen LogP contribution in [-0.4, -0.2) is 22.1 Å². The highest BCUT2D eigenvalue weighted by atomic mass is 35.5. The Kier molecular flexibility index (Phi) is 4.43. The quantitative estimate of drug-likeness (QED) is 0.537. The van der Waals surface area contributed by atoms with Crippen LogP contribution >= 0.6 is 23.2 Å². The van der Waals surface area contributed by atoms with Crippen LogP contribution in [0.2, 0.25) is 10.3 Å². The molecule has 1 N–H and O–H groups in total. The Morgan fingerprint density at radius 2 is 2.05 bits per heavy atom. The van der Waals surface area contributed by atoms with Gasteiger partial charge in [-0.15, -0.1) is 0 Å². The van der Waals surface area contributed by atoms with Gasteiger partial charge >= 0.3 is 0 Å². The number of nitrogens with zero attached hydrogens (tertiary/aromatic N) is 3. The van der Waals surface area contributed by atoms with Crippen molar-refractivity contribution in [3.05, 3.63) is 58.1 Å². The van der Waals surface area contributed by atoms with Crippen LogP contribution in [0.4, 0.5) is 0 Å². The van der Waals surface area contributed by atoms with E-state index in [1.165, 1.54) is 18.3 Å². The average molecular weight is 295 g/mol. The van der Waals surface area contributed by atoms with E-state index in [4.69, 9.17) is 23.2 Å². The van der Waals surface area contributed by atoms with Crippen LogP contribution in [0.1, 0.15) is 15.9 Å². The summed E-state index contributed by atoms with van der Waals surface area (Å²) in [6.45, 7) is 0. The topological polar surface area (TPSA) is 67.2 Å². The monoisotopic (exact) mass is 294 g/mol. The summed E-state index contributed by atoms with van der Waals surface area (Å²) in [5.74, 6) is -0.425. The zero-order valence-corrected chi connectivity index (χ0v) is 11.1. The maximum atomic E-state index is 11.8. The van der Waals surface area contributed by atoms with Crippen molar-refractivity contribution in [2.45, 2.75) is 0 Å². The minimum absolute atomic E-state index is 0.147. The van der Waals surface area contributed by atoms with Gasteiger partial charge < -0.3 is 0 Å². The number of hydrogen-bond acceptors (Lipinski definition) is 4. The molecule has 0 spiro atoms. The highest BCUT2D eigenvalue weighted by molar-refractivity contribution is 6.33. The third-order valence-corrected chi connectivity index (χ3v) is 2.48. The average Bonchev–Trinajstić information content (AvgIpc) is 2.38. The molecule has 0 bridgehead atoms. The summed E-state index contributed by atoms with van der Waals surface area (Å²) in [5, 5.41) is 4.10. The van der Waals surface area contributed by atoms with Gasteiger partial charge in [-0.05, 0) is 18.2 Å². The van der Waals surface area contributed by atoms with Crippen molar-refractivity contribution in [3.63, 3.8) is 0 Å². The van der Waals surface area contributed by atoms with Crippen LogP contribution in [-0.2, 0) is 0 Å². The second-order valence-electron chi connectivity index (χ2n) is 3.49. The van der Waals surface area contributed by atoms with Crippen LogP contribution in [0, 0.1) is 0 Å². The fourth-order valence-electron chi connectivity index (χ4n) is 1.28. The van der Waals surface area contributed by atoms with Crippen molar-refractivity contribution in [2.75, 3.05) is 0 Å². The molecule has 5 nitrogen and oxygen atoms in total. The predicted molar refractivity (Wildman–Crippen MR) is 73.6 cm³/mol. The third-order valence-electron chi connectivity index (χ3n) is 2.09. The first-order valence-corrected chi connectivity index (χ1v) is 5.97. The lowest BCUT2D eigenvalue weighted by Gasteiger charge is -2.00. The molecule has 1 amide bonds. The van der Waals surface area contributed by atoms with Gasteiger partial charge in [-0.2, -0.15) is 5.10 Å². The number of halogens is 2. The number of hydrogen-bond donors (Lipinski definition) is 1. The Morgan fingerprint density at radius 3 is 2.68 bits per heavy atom. The molecule has 19 heavy (non-hydrogen) atoms. The molecule has 2 heterocycles. The van der Waals surface area contributed by atoms with Gasteiger partial charge in [0.15, 0.2) is 0 Å². The molecular weight excluding hydrogens is 287 g/mol. The molecule has 0 atom stereocenters. The molecule has 0 fully saturated rings. The van der Waals surface area contributed by atoms with Crippen LogP contribution in [0.5, 0.6) is 0 Å². The molecule has 0 aromatic carbocycles. The Labute approximate surface area is 119 Å². The highest BCUT2D eigenvalue weighted by Gasteiger charge is 2.07. The fourth-order valence-corrected chi connectivity index (χ4v) is 1.74. The van der Waals surface area contributed by atoms with Crippen molar-refractivity contribution in [1.29, 1.82) is 0 Å². The SMILES string of the molecule is O=C(NN=Cc1cccnc1)c1cc(Cl)nc(Cl)c1. The first-order chi connectivity index (χ1) is 9.15. The molecule has 7 heteroatoms. The van der Waals surface area contributed by atoms with E-state index in [1.807, 2.05) is 6.07 Å². The summed E-state index contributed by atoms with van der Waals surface area (Å²) in [5.41, 5.74) is 3.42. The fraction of sp³-hybridized carbons (Fsp3) is 0. The van der Waals surface area contributed by atoms with Crippen LogP contribution in [0.25, 0.3) is 0 Å². The number of carbonyl (C=O) groups excluding carboxylic acids is 1. The molecule has 0 aliphatic heterocycles. The first kappa shape index (κ1) is 13.5. The maximum absolute atomic E-state index is 11.8. The second kappa shape index (κ2) is 6.26. The highest BCUT2D eigenvalue weighted by Crippen LogP contribution is 2.14. The number of amides is 1. The molecule has 2 rings (SSSR count). The van der Waals surface area contributed by atoms with Crippen molar-refractivity contribution in [1.82, 2.24) is 15.4 Å². The number of carbonyl (C=O) groups is 1. The molecular formula is C12H8Cl2N4O. The van der Waals surface area contributed by atoms with E-state index < -0.39 is 5.91 Å². The summed E-state index contributed by atoms with van der Waals surface area (Å²) in [4.78, 5) is 19.4. The molecule has 0 aliphatic rings. The van der Waals surface area contributed by atoms with E-state index >= 15 is 0 Å². The Morgan fingerprint density at radius 1 is 1.32 bits per heavy atom. The zero-order valence-electron chi connectivity index (χ0n) is 9.55. The lowest BCUT2D eigenvalue weighted by Crippen LogP contribution is -2.17. The van der Waals surface area contributed by atoms with Gasteiger partial charge in [0.05, 0.1) is 6.21 Å². The normalized spacial score (nSPS) is 10.6. The van der Waals surface area contributed by atoms with Gasteiger partial charge in [0.1, 0.15) is 10.3 Å². The van der Waals surface area contributed by atoms with Crippen molar-refractivity contribution in [2.24, 2.45) is 5.10 Å². The molecule has 2 aromatic heterocycles. The predicted octanol–water partition coefficient (Wildman–Crippen LogP) is 2.55. The lowest BCUT2D eigenvalue weighted by atomic mass is 10.2. The lowest BCUT2D eigenvalue weighted by molar-refractivity contribution is 0.0955. The van der Waals surface area contributed by atoms with Crippen LogP contribution in [0.15, 0.2) is 41.8 Å². The van der Waals surface area contributed by atoms with Crippen LogP contribution in [0.3, 0.4) is 0 Å². The van der Waals surface area contributed by atoms with E-state index in [2.05, 4.69) is 20.5 Å². The minimum atomic E-state index is -0.425. The molecule has 0 aliphatic carbocycles. The molecule has 2 aromatic rings. The molecule has 0 unspecified atom stereocenters. The molecule has 96 valence electrons. The van der Waals surface area contributed by atoms with Gasteiger partial charge in [-0.3, -0.25) is 9.78 Å². The largest absolute Gasteiger partial charge is 0.271 e. The standard InChI is InChI=1S/C12H8Cl2N4O/c13-10-4-9(5-11(14)17-10)12(19)18-16-7-8-2-1-3-15-6-8/h1-7H,(H,18,19). The minimum Gasteiger partial charge on any atom is -0.267 e. The number of hydrazone groups is 1. The van der Waals surface area contributed by atoms with Crippen molar-refractivity contribution < 1.29 is 4.79 Å². The smallest absolute Gasteiger partial charge is 0.267 e. The second-order valence-corrected chi connectivity index (χ2v) is 4.26. The van der Waals surface area contributed by atoms with Gasteiger partial charge in [0.25, 0.3) is 5.91 Å². The Bertz CT molecular complexity index is 596. The molecule has 0 radical (unpaired) electrons. The van der Waals surface area contributed by atoms with Crippen LogP contribution < -0.4 is 5.43 Å². The summed E-state index contributed by atoms with van der Waals surface area (Å²) in [7, 11) is 0. The van der Waals surface area contributed by atoms with E-state index in [1.54, 1.807) is 18.5 Å². The summed E-state index contributed by atoms with van der Waals surface area (Å²) >= 11 is 11.4. The summed E-state index contributed by atoms with van der Waals surface area (Å²) in [6.07, 6.45) is 4.75. The van der Waals surface area contributed by atoms with Crippen molar-refractivity contribution >= 4 is 35.3 Å². The number of pyridine rings is 2. The van der Waals surface area contributed by atoms with Gasteiger partial charge in [-0.1, -0.05) is 29.3 Å².